The maximum atomic E-state index is 12.3. The molecule has 0 saturated heterocycles. The summed E-state index contributed by atoms with van der Waals surface area (Å²) in [5.74, 6) is -0.622. The largest absolute Gasteiger partial charge is 0.381 e. The van der Waals surface area contributed by atoms with E-state index in [1.807, 2.05) is 6.07 Å². The third kappa shape index (κ3) is 3.46. The van der Waals surface area contributed by atoms with E-state index in [9.17, 15) is 18.3 Å². The Morgan fingerprint density at radius 3 is 2.50 bits per heavy atom. The zero-order valence-electron chi connectivity index (χ0n) is 11.5. The van der Waals surface area contributed by atoms with Crippen LogP contribution in [0.3, 0.4) is 0 Å². The lowest BCUT2D eigenvalue weighted by molar-refractivity contribution is -0.132. The van der Waals surface area contributed by atoms with Crippen LogP contribution in [0.4, 0.5) is 0 Å². The van der Waals surface area contributed by atoms with Crippen LogP contribution < -0.4 is 0 Å². The quantitative estimate of drug-likeness (QED) is 0.921. The van der Waals surface area contributed by atoms with Crippen molar-refractivity contribution in [2.24, 2.45) is 5.92 Å². The first-order chi connectivity index (χ1) is 9.39. The summed E-state index contributed by atoms with van der Waals surface area (Å²) < 4.78 is 23.2. The predicted octanol–water partition coefficient (Wildman–Crippen LogP) is 1.89. The maximum Gasteiger partial charge on any atom is 0.168 e. The van der Waals surface area contributed by atoms with E-state index in [0.29, 0.717) is 24.8 Å². The number of aliphatic hydroxyl groups excluding tert-OH is 1. The lowest BCUT2D eigenvalue weighted by Crippen LogP contribution is -2.33. The number of sulfone groups is 1. The van der Waals surface area contributed by atoms with E-state index in [-0.39, 0.29) is 11.7 Å². The fraction of sp³-hybridized carbons (Fsp3) is 0.533. The van der Waals surface area contributed by atoms with Crippen molar-refractivity contribution in [3.8, 4) is 0 Å². The minimum atomic E-state index is -3.12. The second-order valence-electron chi connectivity index (χ2n) is 5.53. The molecular formula is C15H20O4S. The van der Waals surface area contributed by atoms with Gasteiger partial charge in [0, 0.05) is 12.2 Å². The normalized spacial score (nSPS) is 25.1. The predicted molar refractivity (Wildman–Crippen MR) is 77.0 cm³/mol. The Bertz CT molecular complexity index is 565. The van der Waals surface area contributed by atoms with Crippen LogP contribution in [0, 0.1) is 5.92 Å². The number of ketones is 1. The van der Waals surface area contributed by atoms with Crippen LogP contribution in [0.5, 0.6) is 0 Å². The van der Waals surface area contributed by atoms with Crippen molar-refractivity contribution in [1.82, 2.24) is 0 Å². The maximum absolute atomic E-state index is 12.3. The van der Waals surface area contributed by atoms with Crippen LogP contribution in [-0.4, -0.2) is 30.8 Å². The first-order valence-electron chi connectivity index (χ1n) is 6.85. The molecule has 0 spiro atoms. The molecule has 1 aliphatic carbocycles. The molecule has 5 heteroatoms. The Hall–Kier alpha value is -1.20. The lowest BCUT2D eigenvalue weighted by atomic mass is 9.83. The van der Waals surface area contributed by atoms with Crippen LogP contribution in [0.25, 0.3) is 0 Å². The van der Waals surface area contributed by atoms with Gasteiger partial charge in [0.1, 0.15) is 15.9 Å². The summed E-state index contributed by atoms with van der Waals surface area (Å²) in [6.07, 6.45) is 2.40. The molecule has 110 valence electrons. The van der Waals surface area contributed by atoms with Crippen molar-refractivity contribution in [3.63, 3.8) is 0 Å². The summed E-state index contributed by atoms with van der Waals surface area (Å²) in [5, 5.41) is 9.68. The number of aliphatic hydroxyl groups is 1. The number of carbonyl (C=O) groups excluding carboxylic acids is 1. The molecule has 3 unspecified atom stereocenters. The van der Waals surface area contributed by atoms with E-state index in [0.717, 1.165) is 6.42 Å². The van der Waals surface area contributed by atoms with Crippen LogP contribution in [0.2, 0.25) is 0 Å². The topological polar surface area (TPSA) is 71.4 Å². The second-order valence-corrected chi connectivity index (χ2v) is 7.86. The van der Waals surface area contributed by atoms with Gasteiger partial charge in [-0.25, -0.2) is 8.42 Å². The molecule has 20 heavy (non-hydrogen) atoms. The van der Waals surface area contributed by atoms with Crippen molar-refractivity contribution < 1.29 is 18.3 Å². The summed E-state index contributed by atoms with van der Waals surface area (Å²) in [6.45, 7) is 0. The molecule has 4 nitrogen and oxygen atoms in total. The lowest BCUT2D eigenvalue weighted by Gasteiger charge is -2.28. The molecule has 0 amide bonds. The number of Topliss-reactive ketones (excluding diaryl/α,β-unsaturated/α-hetero) is 1. The molecule has 1 aliphatic rings. The van der Waals surface area contributed by atoms with Gasteiger partial charge in [-0.1, -0.05) is 36.8 Å². The second kappa shape index (κ2) is 6.06. The zero-order valence-corrected chi connectivity index (χ0v) is 12.3. The fourth-order valence-corrected chi connectivity index (χ4v) is 3.99. The van der Waals surface area contributed by atoms with Gasteiger partial charge in [0.05, 0.1) is 5.25 Å². The van der Waals surface area contributed by atoms with Crippen molar-refractivity contribution >= 4 is 15.6 Å². The average Bonchev–Trinajstić information content (AvgIpc) is 2.46. The van der Waals surface area contributed by atoms with Gasteiger partial charge in [-0.05, 0) is 24.8 Å². The van der Waals surface area contributed by atoms with Gasteiger partial charge in [-0.15, -0.1) is 0 Å². The number of hydrogen-bond donors (Lipinski definition) is 1. The first kappa shape index (κ1) is 15.2. The molecule has 0 radical (unpaired) electrons. The summed E-state index contributed by atoms with van der Waals surface area (Å²) in [7, 11) is -3.12. The zero-order chi connectivity index (χ0) is 14.8. The van der Waals surface area contributed by atoms with Crippen molar-refractivity contribution in [2.45, 2.75) is 37.0 Å². The molecule has 0 aliphatic heterocycles. The van der Waals surface area contributed by atoms with Gasteiger partial charge < -0.3 is 5.11 Å². The van der Waals surface area contributed by atoms with Gasteiger partial charge in [-0.2, -0.15) is 0 Å². The van der Waals surface area contributed by atoms with E-state index < -0.39 is 21.2 Å². The van der Waals surface area contributed by atoms with Crippen molar-refractivity contribution in [3.05, 3.63) is 35.9 Å². The SMILES string of the molecule is CS(=O)(=O)C1CCCC(C(=O)C(O)c2ccccc2)C1. The Balaban J connectivity index is 2.09. The smallest absolute Gasteiger partial charge is 0.168 e. The number of benzene rings is 1. The summed E-state index contributed by atoms with van der Waals surface area (Å²) in [4.78, 5) is 12.3. The molecule has 0 heterocycles. The minimum Gasteiger partial charge on any atom is -0.381 e. The van der Waals surface area contributed by atoms with E-state index in [1.54, 1.807) is 24.3 Å². The summed E-state index contributed by atoms with van der Waals surface area (Å²) in [6, 6.07) is 8.78. The number of rotatable bonds is 4. The highest BCUT2D eigenvalue weighted by Gasteiger charge is 2.35. The van der Waals surface area contributed by atoms with Crippen LogP contribution in [0.15, 0.2) is 30.3 Å². The molecule has 1 fully saturated rings. The van der Waals surface area contributed by atoms with Gasteiger partial charge in [0.15, 0.2) is 5.78 Å². The molecule has 0 aromatic heterocycles. The van der Waals surface area contributed by atoms with Gasteiger partial charge in [0.2, 0.25) is 0 Å². The molecule has 1 aromatic rings. The molecule has 1 saturated carbocycles. The Labute approximate surface area is 119 Å². The highest BCUT2D eigenvalue weighted by Crippen LogP contribution is 2.32. The third-order valence-corrected chi connectivity index (χ3v) is 5.66. The summed E-state index contributed by atoms with van der Waals surface area (Å²) in [5.41, 5.74) is 0.568. The van der Waals surface area contributed by atoms with E-state index >= 15 is 0 Å². The Kier molecular flexibility index (Phi) is 4.60. The van der Waals surface area contributed by atoms with Crippen LogP contribution in [-0.2, 0) is 14.6 Å². The molecular weight excluding hydrogens is 276 g/mol. The Morgan fingerprint density at radius 1 is 1.25 bits per heavy atom. The molecule has 0 bridgehead atoms. The first-order valence-corrected chi connectivity index (χ1v) is 8.80. The molecule has 1 aromatic carbocycles. The van der Waals surface area contributed by atoms with Crippen molar-refractivity contribution in [2.75, 3.05) is 6.26 Å². The average molecular weight is 296 g/mol. The summed E-state index contributed by atoms with van der Waals surface area (Å²) >= 11 is 0. The van der Waals surface area contributed by atoms with Gasteiger partial charge in [-0.3, -0.25) is 4.79 Å². The number of carbonyl (C=O) groups is 1. The van der Waals surface area contributed by atoms with Crippen LogP contribution >= 0.6 is 0 Å². The van der Waals surface area contributed by atoms with E-state index in [1.165, 1.54) is 6.26 Å². The fourth-order valence-electron chi connectivity index (χ4n) is 2.82. The molecule has 2 rings (SSSR count). The highest BCUT2D eigenvalue weighted by molar-refractivity contribution is 7.91. The van der Waals surface area contributed by atoms with E-state index in [2.05, 4.69) is 0 Å². The number of hydrogen-bond acceptors (Lipinski definition) is 4. The van der Waals surface area contributed by atoms with Crippen molar-refractivity contribution in [1.29, 1.82) is 0 Å². The highest BCUT2D eigenvalue weighted by atomic mass is 32.2. The molecule has 1 N–H and O–H groups in total. The van der Waals surface area contributed by atoms with Gasteiger partial charge >= 0.3 is 0 Å². The van der Waals surface area contributed by atoms with Gasteiger partial charge in [0.25, 0.3) is 0 Å². The van der Waals surface area contributed by atoms with Crippen LogP contribution in [0.1, 0.15) is 37.4 Å². The third-order valence-electron chi connectivity index (χ3n) is 4.02. The minimum absolute atomic E-state index is 0.260. The van der Waals surface area contributed by atoms with E-state index in [4.69, 9.17) is 0 Å². The monoisotopic (exact) mass is 296 g/mol. The standard InChI is InChI=1S/C15H20O4S/c1-20(18,19)13-9-5-8-12(10-13)15(17)14(16)11-6-3-2-4-7-11/h2-4,6-7,12-14,16H,5,8-10H2,1H3. The Morgan fingerprint density at radius 2 is 1.90 bits per heavy atom. The molecule has 3 atom stereocenters.